The summed E-state index contributed by atoms with van der Waals surface area (Å²) in [6.07, 6.45) is 15.2. The summed E-state index contributed by atoms with van der Waals surface area (Å²) < 4.78 is 0. The van der Waals surface area contributed by atoms with E-state index in [1.165, 1.54) is 28.5 Å². The van der Waals surface area contributed by atoms with E-state index in [2.05, 4.69) is 53.9 Å². The highest BCUT2D eigenvalue weighted by Gasteiger charge is 2.37. The van der Waals surface area contributed by atoms with Crippen molar-refractivity contribution in [2.75, 3.05) is 19.6 Å². The van der Waals surface area contributed by atoms with E-state index in [-0.39, 0.29) is 43.7 Å². The fourth-order valence-electron chi connectivity index (χ4n) is 6.45. The van der Waals surface area contributed by atoms with Crippen molar-refractivity contribution in [1.29, 1.82) is 0 Å². The molecule has 0 aromatic rings. The maximum atomic E-state index is 13.5. The molecule has 2 rings (SSSR count). The van der Waals surface area contributed by atoms with Gasteiger partial charge in [-0.2, -0.15) is 0 Å². The van der Waals surface area contributed by atoms with Crippen LogP contribution in [0.4, 0.5) is 0 Å². The summed E-state index contributed by atoms with van der Waals surface area (Å²) in [5, 5.41) is 16.9. The molecule has 0 saturated carbocycles. The van der Waals surface area contributed by atoms with Crippen LogP contribution in [0.2, 0.25) is 0 Å². The Hall–Kier alpha value is -5.21. The van der Waals surface area contributed by atoms with Gasteiger partial charge in [-0.25, -0.2) is 0 Å². The van der Waals surface area contributed by atoms with Crippen molar-refractivity contribution >= 4 is 41.5 Å². The summed E-state index contributed by atoms with van der Waals surface area (Å²) in [5.74, 6) is -4.65. The number of primary amides is 1. The fraction of sp³-hybridized carbons (Fsp3) is 0.553. The molecule has 2 aliphatic rings. The second-order valence-electron chi connectivity index (χ2n) is 14.3. The first-order valence-electron chi connectivity index (χ1n) is 18.1. The van der Waals surface area contributed by atoms with Crippen molar-refractivity contribution in [3.63, 3.8) is 0 Å². The third-order valence-corrected chi connectivity index (χ3v) is 9.28. The molecule has 1 heterocycles. The molecule has 53 heavy (non-hydrogen) atoms. The molecule has 0 unspecified atom stereocenters. The average molecular weight is 739 g/mol. The minimum atomic E-state index is -1.29. The van der Waals surface area contributed by atoms with Crippen molar-refractivity contribution in [3.8, 4) is 0 Å². The van der Waals surface area contributed by atoms with Gasteiger partial charge in [-0.05, 0) is 88.7 Å². The second kappa shape index (κ2) is 21.3. The van der Waals surface area contributed by atoms with Gasteiger partial charge in [-0.15, -0.1) is 0 Å². The molecule has 0 aromatic heterocycles. The number of amides is 5. The largest absolute Gasteiger partial charge is 0.481 e. The monoisotopic (exact) mass is 738 g/mol. The van der Waals surface area contributed by atoms with Crippen LogP contribution in [0.25, 0.3) is 0 Å². The molecule has 5 amide bonds. The van der Waals surface area contributed by atoms with E-state index in [1.54, 1.807) is 13.0 Å². The number of nitrogens with two attached hydrogens (primary N) is 3. The van der Waals surface area contributed by atoms with Gasteiger partial charge in [-0.3, -0.25) is 33.8 Å². The lowest BCUT2D eigenvalue weighted by atomic mass is 9.72. The maximum absolute atomic E-state index is 13.5. The van der Waals surface area contributed by atoms with E-state index >= 15 is 0 Å². The molecule has 1 saturated heterocycles. The molecule has 10 N–H and O–H groups in total. The minimum Gasteiger partial charge on any atom is -0.481 e. The number of nitrogens with zero attached hydrogens (tertiary/aromatic N) is 2. The number of hydrogen-bond donors (Lipinski definition) is 7. The predicted octanol–water partition coefficient (Wildman–Crippen LogP) is 2.00. The van der Waals surface area contributed by atoms with E-state index in [9.17, 15) is 33.9 Å². The van der Waals surface area contributed by atoms with Crippen molar-refractivity contribution in [1.82, 2.24) is 20.9 Å². The maximum Gasteiger partial charge on any atom is 0.303 e. The van der Waals surface area contributed by atoms with Gasteiger partial charge in [-0.1, -0.05) is 55.4 Å². The van der Waals surface area contributed by atoms with E-state index < -0.39 is 66.6 Å². The molecule has 1 aliphatic carbocycles. The molecule has 0 spiro atoms. The second-order valence-corrected chi connectivity index (χ2v) is 14.3. The van der Waals surface area contributed by atoms with Crippen LogP contribution in [-0.2, 0) is 28.8 Å². The highest BCUT2D eigenvalue weighted by atomic mass is 16.4. The van der Waals surface area contributed by atoms with Crippen LogP contribution in [0.3, 0.4) is 0 Å². The summed E-state index contributed by atoms with van der Waals surface area (Å²) in [5.41, 5.74) is 20.9. The van der Waals surface area contributed by atoms with E-state index in [0.717, 1.165) is 18.4 Å². The predicted molar refractivity (Wildman–Crippen MR) is 204 cm³/mol. The Morgan fingerprint density at radius 1 is 1.00 bits per heavy atom. The SMILES string of the molecule is CC1=C(/C=C/C(C)=C/C=C/C(C)=C/C(=O)NCC(=O)N[C@@H](CCCN=C(N)N)C(=O)N[C@@H](CCC(=O)O)C(=O)N2CCC[C@H]2C(N)=O)C(C)(C)CCC1. The van der Waals surface area contributed by atoms with Gasteiger partial charge in [0.1, 0.15) is 18.1 Å². The number of likely N-dealkylation sites (tertiary alicyclic amines) is 1. The van der Waals surface area contributed by atoms with Gasteiger partial charge in [0.25, 0.3) is 0 Å². The number of hydrogen-bond acceptors (Lipinski definition) is 7. The summed E-state index contributed by atoms with van der Waals surface area (Å²) in [6, 6.07) is -3.35. The molecule has 0 bridgehead atoms. The molecule has 0 aromatic carbocycles. The third kappa shape index (κ3) is 15.5. The Morgan fingerprint density at radius 3 is 2.36 bits per heavy atom. The number of carbonyl (C=O) groups excluding carboxylic acids is 5. The Balaban J connectivity index is 2.06. The van der Waals surface area contributed by atoms with E-state index in [1.807, 2.05) is 19.1 Å². The van der Waals surface area contributed by atoms with Crippen molar-refractivity contribution in [2.45, 2.75) is 111 Å². The summed E-state index contributed by atoms with van der Waals surface area (Å²) >= 11 is 0. The first-order chi connectivity index (χ1) is 24.9. The third-order valence-electron chi connectivity index (χ3n) is 9.28. The number of nitrogens with one attached hydrogen (secondary N) is 3. The number of aliphatic imine (C=N–C) groups is 1. The normalized spacial score (nSPS) is 18.8. The number of aliphatic carboxylic acids is 1. The Kier molecular flexibility index (Phi) is 17.7. The van der Waals surface area contributed by atoms with Gasteiger partial charge in [0.05, 0.1) is 6.54 Å². The number of guanidine groups is 1. The summed E-state index contributed by atoms with van der Waals surface area (Å²) in [7, 11) is 0. The van der Waals surface area contributed by atoms with Crippen molar-refractivity contribution < 1.29 is 33.9 Å². The van der Waals surface area contributed by atoms with Crippen LogP contribution in [0.5, 0.6) is 0 Å². The number of carboxylic acid groups (broad SMARTS) is 1. The zero-order valence-corrected chi connectivity index (χ0v) is 31.7. The first-order valence-corrected chi connectivity index (χ1v) is 18.1. The summed E-state index contributed by atoms with van der Waals surface area (Å²) in [4.78, 5) is 80.7. The van der Waals surface area contributed by atoms with Crippen LogP contribution in [0, 0.1) is 5.41 Å². The molecular weight excluding hydrogens is 680 g/mol. The lowest BCUT2D eigenvalue weighted by Gasteiger charge is -2.32. The van der Waals surface area contributed by atoms with Gasteiger partial charge < -0.3 is 43.2 Å². The van der Waals surface area contributed by atoms with E-state index in [0.29, 0.717) is 18.4 Å². The highest BCUT2D eigenvalue weighted by Crippen LogP contribution is 2.40. The van der Waals surface area contributed by atoms with Gasteiger partial charge >= 0.3 is 5.97 Å². The zero-order valence-electron chi connectivity index (χ0n) is 31.7. The molecule has 0 radical (unpaired) electrons. The number of allylic oxidation sites excluding steroid dienone is 9. The molecular formula is C38H58N8O7. The van der Waals surface area contributed by atoms with E-state index in [4.69, 9.17) is 17.2 Å². The topological polar surface area (TPSA) is 252 Å². The zero-order chi connectivity index (χ0) is 39.7. The van der Waals surface area contributed by atoms with Crippen LogP contribution in [0.1, 0.15) is 92.4 Å². The fourth-order valence-corrected chi connectivity index (χ4v) is 6.45. The Labute approximate surface area is 312 Å². The van der Waals surface area contributed by atoms with Gasteiger partial charge in [0, 0.05) is 25.6 Å². The first kappa shape index (κ1) is 44.0. The van der Waals surface area contributed by atoms with Crippen LogP contribution >= 0.6 is 0 Å². The van der Waals surface area contributed by atoms with Gasteiger partial charge in [0.2, 0.25) is 29.5 Å². The van der Waals surface area contributed by atoms with Crippen molar-refractivity contribution in [3.05, 3.63) is 58.7 Å². The van der Waals surface area contributed by atoms with Crippen LogP contribution in [0.15, 0.2) is 63.7 Å². The highest BCUT2D eigenvalue weighted by molar-refractivity contribution is 5.96. The van der Waals surface area contributed by atoms with Crippen molar-refractivity contribution in [2.24, 2.45) is 27.6 Å². The number of rotatable bonds is 19. The number of carboxylic acids is 1. The molecule has 15 nitrogen and oxygen atoms in total. The average Bonchev–Trinajstić information content (AvgIpc) is 3.56. The Bertz CT molecular complexity index is 1550. The molecule has 3 atom stereocenters. The minimum absolute atomic E-state index is 0.0522. The van der Waals surface area contributed by atoms with Gasteiger partial charge in [0.15, 0.2) is 5.96 Å². The lowest BCUT2D eigenvalue weighted by molar-refractivity contribution is -0.142. The lowest BCUT2D eigenvalue weighted by Crippen LogP contribution is -2.57. The smallest absolute Gasteiger partial charge is 0.303 e. The quantitative estimate of drug-likeness (QED) is 0.0336. The Morgan fingerprint density at radius 2 is 1.72 bits per heavy atom. The number of carbonyl (C=O) groups is 6. The molecule has 15 heteroatoms. The molecule has 1 fully saturated rings. The standard InChI is InChI=1S/C38H58N8O7/c1-24(15-16-27-26(3)12-7-19-38(27,4)5)10-6-11-25(2)22-31(47)43-23-32(48)44-28(13-8-20-42-37(40)41)35(52)45-29(17-18-33(49)50)36(53)46-21-9-14-30(46)34(39)51/h6,10-11,15-16,22,28-30H,7-9,12-14,17-21,23H2,1-5H3,(H2,39,51)(H,43,47)(H,44,48)(H,45,52)(H,49,50)(H4,40,41,42)/b11-6+,16-15+,24-10+,25-22+/t28-,29-,30-/m0/s1. The molecule has 1 aliphatic heterocycles. The van der Waals surface area contributed by atoms with Crippen LogP contribution in [-0.4, -0.2) is 89.2 Å². The van der Waals surface area contributed by atoms with Crippen LogP contribution < -0.4 is 33.2 Å². The molecule has 292 valence electrons. The summed E-state index contributed by atoms with van der Waals surface area (Å²) in [6.45, 7) is 10.4.